The zero-order valence-electron chi connectivity index (χ0n) is 15.8. The molecule has 1 heterocycles. The van der Waals surface area contributed by atoms with Crippen molar-refractivity contribution >= 4 is 6.09 Å². The minimum absolute atomic E-state index is 0.289. The predicted molar refractivity (Wildman–Crippen MR) is 99.4 cm³/mol. The molecule has 0 saturated heterocycles. The molecule has 0 bridgehead atoms. The number of fused-ring (bicyclic) bond motifs is 1. The summed E-state index contributed by atoms with van der Waals surface area (Å²) in [6, 6.07) is 6.72. The molecule has 1 N–H and O–H groups in total. The third kappa shape index (κ3) is 4.90. The summed E-state index contributed by atoms with van der Waals surface area (Å²) in [6.07, 6.45) is 7.21. The van der Waals surface area contributed by atoms with Gasteiger partial charge in [-0.3, -0.25) is 0 Å². The van der Waals surface area contributed by atoms with Crippen LogP contribution in [0.15, 0.2) is 18.2 Å². The molecule has 1 unspecified atom stereocenters. The molecule has 3 rings (SSSR count). The molecule has 4 heteroatoms. The van der Waals surface area contributed by atoms with E-state index in [-0.39, 0.29) is 12.0 Å². The number of benzene rings is 1. The summed E-state index contributed by atoms with van der Waals surface area (Å²) in [5, 5.41) is 2.91. The molecular weight excluding hydrogens is 314 g/mol. The van der Waals surface area contributed by atoms with Gasteiger partial charge in [0.2, 0.25) is 0 Å². The van der Waals surface area contributed by atoms with Crippen LogP contribution < -0.4 is 10.1 Å². The number of hydrogen-bond acceptors (Lipinski definition) is 3. The minimum Gasteiger partial charge on any atom is -0.493 e. The van der Waals surface area contributed by atoms with Crippen molar-refractivity contribution < 1.29 is 14.3 Å². The van der Waals surface area contributed by atoms with Crippen LogP contribution >= 0.6 is 0 Å². The Balaban J connectivity index is 1.64. The Hall–Kier alpha value is -1.71. The normalized spacial score (nSPS) is 21.2. The first-order valence-corrected chi connectivity index (χ1v) is 9.66. The molecule has 0 aromatic heterocycles. The molecule has 1 aliphatic carbocycles. The van der Waals surface area contributed by atoms with Crippen molar-refractivity contribution in [2.75, 3.05) is 13.2 Å². The number of carbonyl (C=O) groups is 1. The lowest BCUT2D eigenvalue weighted by atomic mass is 9.82. The van der Waals surface area contributed by atoms with Gasteiger partial charge in [-0.25, -0.2) is 4.79 Å². The van der Waals surface area contributed by atoms with E-state index in [1.807, 2.05) is 20.8 Å². The molecule has 1 amide bonds. The predicted octanol–water partition coefficient (Wildman–Crippen LogP) is 5.13. The number of rotatable bonds is 3. The third-order valence-corrected chi connectivity index (χ3v) is 5.17. The Bertz CT molecular complexity index is 600. The van der Waals surface area contributed by atoms with Crippen LogP contribution in [0.3, 0.4) is 0 Å². The van der Waals surface area contributed by atoms with Crippen LogP contribution in [0.1, 0.15) is 82.3 Å². The summed E-state index contributed by atoms with van der Waals surface area (Å²) < 4.78 is 11.3. The van der Waals surface area contributed by atoms with Gasteiger partial charge >= 0.3 is 6.09 Å². The molecule has 1 fully saturated rings. The van der Waals surface area contributed by atoms with Crippen LogP contribution in [0.2, 0.25) is 0 Å². The number of amides is 1. The average Bonchev–Trinajstić information content (AvgIpc) is 2.58. The molecule has 1 aromatic rings. The van der Waals surface area contributed by atoms with Crippen molar-refractivity contribution in [2.45, 2.75) is 76.7 Å². The topological polar surface area (TPSA) is 47.6 Å². The van der Waals surface area contributed by atoms with E-state index < -0.39 is 5.60 Å². The molecule has 1 aromatic carbocycles. The summed E-state index contributed by atoms with van der Waals surface area (Å²) in [4.78, 5) is 11.9. The molecule has 4 nitrogen and oxygen atoms in total. The van der Waals surface area contributed by atoms with Crippen LogP contribution in [0.4, 0.5) is 4.79 Å². The summed E-state index contributed by atoms with van der Waals surface area (Å²) >= 11 is 0. The standard InChI is InChI=1S/C21H31NO3/c1-21(2,3)25-20(23)22-14-17-11-12-24-19-13-16(9-10-18(17)19)15-7-5-4-6-8-15/h9-10,13,15,17H,4-8,11-12,14H2,1-3H3,(H,22,23). The Morgan fingerprint density at radius 1 is 1.20 bits per heavy atom. The second-order valence-electron chi connectivity index (χ2n) is 8.35. The van der Waals surface area contributed by atoms with Crippen LogP contribution in [-0.4, -0.2) is 24.8 Å². The fraction of sp³-hybridized carbons (Fsp3) is 0.667. The zero-order valence-corrected chi connectivity index (χ0v) is 15.8. The number of alkyl carbamates (subject to hydrolysis) is 1. The molecule has 1 saturated carbocycles. The molecule has 1 aliphatic heterocycles. The Labute approximate surface area is 151 Å². The zero-order chi connectivity index (χ0) is 17.9. The Morgan fingerprint density at radius 3 is 2.68 bits per heavy atom. The van der Waals surface area contributed by atoms with E-state index in [1.54, 1.807) is 0 Å². The van der Waals surface area contributed by atoms with Gasteiger partial charge in [-0.15, -0.1) is 0 Å². The summed E-state index contributed by atoms with van der Waals surface area (Å²) in [6.45, 7) is 6.94. The number of hydrogen-bond donors (Lipinski definition) is 1. The summed E-state index contributed by atoms with van der Waals surface area (Å²) in [5.74, 6) is 1.98. The second kappa shape index (κ2) is 7.67. The van der Waals surface area contributed by atoms with E-state index in [0.29, 0.717) is 19.1 Å². The largest absolute Gasteiger partial charge is 0.493 e. The van der Waals surface area contributed by atoms with Gasteiger partial charge in [0.05, 0.1) is 6.61 Å². The lowest BCUT2D eigenvalue weighted by Gasteiger charge is -2.29. The lowest BCUT2D eigenvalue weighted by molar-refractivity contribution is 0.0521. The SMILES string of the molecule is CC(C)(C)OC(=O)NCC1CCOc2cc(C3CCCCC3)ccc21. The maximum atomic E-state index is 11.9. The molecule has 1 atom stereocenters. The van der Waals surface area contributed by atoms with Gasteiger partial charge in [0, 0.05) is 12.5 Å². The highest BCUT2D eigenvalue weighted by atomic mass is 16.6. The smallest absolute Gasteiger partial charge is 0.407 e. The third-order valence-electron chi connectivity index (χ3n) is 5.17. The van der Waals surface area contributed by atoms with Crippen LogP contribution in [0.25, 0.3) is 0 Å². The van der Waals surface area contributed by atoms with Crippen LogP contribution in [0.5, 0.6) is 5.75 Å². The molecule has 0 radical (unpaired) electrons. The Morgan fingerprint density at radius 2 is 1.96 bits per heavy atom. The number of carbonyl (C=O) groups excluding carboxylic acids is 1. The quantitative estimate of drug-likeness (QED) is 0.826. The van der Waals surface area contributed by atoms with E-state index >= 15 is 0 Å². The molecule has 0 spiro atoms. The average molecular weight is 345 g/mol. The van der Waals surface area contributed by atoms with Crippen molar-refractivity contribution in [2.24, 2.45) is 0 Å². The molecule has 25 heavy (non-hydrogen) atoms. The van der Waals surface area contributed by atoms with Crippen molar-refractivity contribution in [1.82, 2.24) is 5.32 Å². The van der Waals surface area contributed by atoms with Crippen molar-refractivity contribution in [3.8, 4) is 5.75 Å². The molecular formula is C21H31NO3. The molecule has 2 aliphatic rings. The van der Waals surface area contributed by atoms with E-state index in [2.05, 4.69) is 23.5 Å². The highest BCUT2D eigenvalue weighted by Crippen LogP contribution is 2.39. The lowest BCUT2D eigenvalue weighted by Crippen LogP contribution is -2.35. The van der Waals surface area contributed by atoms with E-state index in [1.165, 1.54) is 43.2 Å². The molecule has 138 valence electrons. The second-order valence-corrected chi connectivity index (χ2v) is 8.35. The first-order valence-electron chi connectivity index (χ1n) is 9.66. The fourth-order valence-corrected chi connectivity index (χ4v) is 3.90. The first-order chi connectivity index (χ1) is 11.9. The van der Waals surface area contributed by atoms with Gasteiger partial charge in [-0.2, -0.15) is 0 Å². The van der Waals surface area contributed by atoms with Gasteiger partial charge in [0.25, 0.3) is 0 Å². The van der Waals surface area contributed by atoms with Gasteiger partial charge in [-0.1, -0.05) is 31.4 Å². The monoisotopic (exact) mass is 345 g/mol. The van der Waals surface area contributed by atoms with Gasteiger partial charge in [0.1, 0.15) is 11.4 Å². The van der Waals surface area contributed by atoms with Crippen molar-refractivity contribution in [1.29, 1.82) is 0 Å². The minimum atomic E-state index is -0.466. The first kappa shape index (κ1) is 18.1. The van der Waals surface area contributed by atoms with Gasteiger partial charge < -0.3 is 14.8 Å². The van der Waals surface area contributed by atoms with Gasteiger partial charge in [-0.05, 0) is 63.1 Å². The maximum Gasteiger partial charge on any atom is 0.407 e. The van der Waals surface area contributed by atoms with E-state index in [4.69, 9.17) is 9.47 Å². The number of nitrogens with one attached hydrogen (secondary N) is 1. The number of ether oxygens (including phenoxy) is 2. The maximum absolute atomic E-state index is 11.9. The Kier molecular flexibility index (Phi) is 5.55. The van der Waals surface area contributed by atoms with Crippen molar-refractivity contribution in [3.63, 3.8) is 0 Å². The fourth-order valence-electron chi connectivity index (χ4n) is 3.90. The van der Waals surface area contributed by atoms with Crippen LogP contribution in [-0.2, 0) is 4.74 Å². The highest BCUT2D eigenvalue weighted by Gasteiger charge is 2.25. The van der Waals surface area contributed by atoms with E-state index in [9.17, 15) is 4.79 Å². The summed E-state index contributed by atoms with van der Waals surface area (Å²) in [5.41, 5.74) is 2.16. The van der Waals surface area contributed by atoms with Crippen LogP contribution in [0, 0.1) is 0 Å². The summed E-state index contributed by atoms with van der Waals surface area (Å²) in [7, 11) is 0. The highest BCUT2D eigenvalue weighted by molar-refractivity contribution is 5.67. The van der Waals surface area contributed by atoms with Gasteiger partial charge in [0.15, 0.2) is 0 Å². The van der Waals surface area contributed by atoms with Crippen molar-refractivity contribution in [3.05, 3.63) is 29.3 Å². The van der Waals surface area contributed by atoms with E-state index in [0.717, 1.165) is 12.2 Å².